The van der Waals surface area contributed by atoms with Gasteiger partial charge in [-0.3, -0.25) is 14.5 Å². The first kappa shape index (κ1) is 28.0. The minimum atomic E-state index is -0.532. The molecule has 2 amide bonds. The second-order valence-electron chi connectivity index (χ2n) is 11.1. The van der Waals surface area contributed by atoms with Gasteiger partial charge in [-0.2, -0.15) is 0 Å². The number of amides is 2. The third-order valence-corrected chi connectivity index (χ3v) is 8.82. The number of nitrogens with one attached hydrogen (secondary N) is 1. The molecule has 8 nitrogen and oxygen atoms in total. The second kappa shape index (κ2) is 12.0. The molecule has 6 rings (SSSR count). The van der Waals surface area contributed by atoms with Crippen LogP contribution >= 0.6 is 0 Å². The fraction of sp³-hybridized carbons (Fsp3) is 0.394. The molecule has 1 fully saturated rings. The Labute approximate surface area is 246 Å². The van der Waals surface area contributed by atoms with Crippen LogP contribution in [0.4, 0.5) is 10.1 Å². The lowest BCUT2D eigenvalue weighted by Gasteiger charge is -2.45. The number of nitrogens with zero attached hydrogens (tertiary/aromatic N) is 3. The van der Waals surface area contributed by atoms with Crippen LogP contribution in [0.2, 0.25) is 0 Å². The highest BCUT2D eigenvalue weighted by molar-refractivity contribution is 6.01. The van der Waals surface area contributed by atoms with Gasteiger partial charge < -0.3 is 24.6 Å². The number of methoxy groups -OCH3 is 2. The maximum atomic E-state index is 13.9. The first-order valence-electron chi connectivity index (χ1n) is 14.6. The van der Waals surface area contributed by atoms with E-state index in [1.807, 2.05) is 53.4 Å². The number of benzene rings is 3. The van der Waals surface area contributed by atoms with Gasteiger partial charge in [0.25, 0.3) is 5.91 Å². The Bertz CT molecular complexity index is 1450. The van der Waals surface area contributed by atoms with E-state index in [0.29, 0.717) is 36.6 Å². The van der Waals surface area contributed by atoms with E-state index in [-0.39, 0.29) is 17.6 Å². The van der Waals surface area contributed by atoms with Crippen molar-refractivity contribution in [1.82, 2.24) is 15.1 Å². The predicted molar refractivity (Wildman–Crippen MR) is 159 cm³/mol. The van der Waals surface area contributed by atoms with Gasteiger partial charge in [0.15, 0.2) is 11.5 Å². The molecule has 0 unspecified atom stereocenters. The monoisotopic (exact) mass is 572 g/mol. The molecule has 3 aromatic carbocycles. The Morgan fingerprint density at radius 1 is 0.929 bits per heavy atom. The van der Waals surface area contributed by atoms with E-state index < -0.39 is 12.0 Å². The Morgan fingerprint density at radius 2 is 1.64 bits per heavy atom. The van der Waals surface area contributed by atoms with Crippen LogP contribution in [0.5, 0.6) is 11.5 Å². The molecule has 2 atom stereocenters. The summed E-state index contributed by atoms with van der Waals surface area (Å²) in [6, 6.07) is 17.6. The van der Waals surface area contributed by atoms with Gasteiger partial charge in [0.2, 0.25) is 5.91 Å². The van der Waals surface area contributed by atoms with E-state index in [4.69, 9.17) is 9.47 Å². The summed E-state index contributed by atoms with van der Waals surface area (Å²) < 4.78 is 24.4. The van der Waals surface area contributed by atoms with Gasteiger partial charge in [0, 0.05) is 50.5 Å². The molecular weight excluding hydrogens is 535 g/mol. The normalized spacial score (nSPS) is 19.9. The smallest absolute Gasteiger partial charge is 0.254 e. The van der Waals surface area contributed by atoms with E-state index in [1.165, 1.54) is 12.1 Å². The quantitative estimate of drug-likeness (QED) is 0.412. The summed E-state index contributed by atoms with van der Waals surface area (Å²) in [7, 11) is 3.21. The van der Waals surface area contributed by atoms with Crippen molar-refractivity contribution in [2.24, 2.45) is 0 Å². The molecule has 0 radical (unpaired) electrons. The van der Waals surface area contributed by atoms with Gasteiger partial charge in [-0.05, 0) is 78.5 Å². The van der Waals surface area contributed by atoms with Gasteiger partial charge in [-0.25, -0.2) is 4.39 Å². The first-order chi connectivity index (χ1) is 20.5. The van der Waals surface area contributed by atoms with Gasteiger partial charge >= 0.3 is 0 Å². The SMILES string of the molecule is COc1cc2c(cc1OC)[C@@H]1[C@H](C(=O)NCCCN3CCN(c4ccc(F)cc4)CC3)c3ccccc3C(=O)N1CC2. The Morgan fingerprint density at radius 3 is 2.38 bits per heavy atom. The van der Waals surface area contributed by atoms with E-state index in [1.54, 1.807) is 14.2 Å². The largest absolute Gasteiger partial charge is 0.493 e. The molecule has 0 aromatic heterocycles. The number of ether oxygens (including phenoxy) is 2. The third-order valence-electron chi connectivity index (χ3n) is 8.82. The number of halogens is 1. The highest BCUT2D eigenvalue weighted by Crippen LogP contribution is 2.48. The molecule has 1 saturated heterocycles. The Kier molecular flexibility index (Phi) is 8.02. The first-order valence-corrected chi connectivity index (χ1v) is 14.6. The van der Waals surface area contributed by atoms with Crippen molar-refractivity contribution in [3.05, 3.63) is 88.7 Å². The zero-order valence-corrected chi connectivity index (χ0v) is 24.1. The molecule has 3 aliphatic rings. The number of piperazine rings is 1. The lowest BCUT2D eigenvalue weighted by Crippen LogP contribution is -2.50. The van der Waals surface area contributed by atoms with Crippen LogP contribution in [0.25, 0.3) is 0 Å². The van der Waals surface area contributed by atoms with Crippen LogP contribution in [0.3, 0.4) is 0 Å². The van der Waals surface area contributed by atoms with Gasteiger partial charge in [-0.15, -0.1) is 0 Å². The summed E-state index contributed by atoms with van der Waals surface area (Å²) >= 11 is 0. The van der Waals surface area contributed by atoms with Crippen LogP contribution in [0.1, 0.15) is 45.4 Å². The number of carbonyl (C=O) groups is 2. The Hall–Kier alpha value is -4.11. The van der Waals surface area contributed by atoms with Gasteiger partial charge in [0.05, 0.1) is 26.2 Å². The zero-order valence-electron chi connectivity index (χ0n) is 24.1. The molecular formula is C33H37FN4O4. The van der Waals surface area contributed by atoms with E-state index in [0.717, 1.165) is 61.5 Å². The van der Waals surface area contributed by atoms with Gasteiger partial charge in [0.1, 0.15) is 5.82 Å². The van der Waals surface area contributed by atoms with Crippen molar-refractivity contribution in [2.75, 3.05) is 64.9 Å². The zero-order chi connectivity index (χ0) is 29.2. The van der Waals surface area contributed by atoms with Crippen LogP contribution in [0.15, 0.2) is 60.7 Å². The van der Waals surface area contributed by atoms with Crippen molar-refractivity contribution in [3.63, 3.8) is 0 Å². The molecule has 3 aromatic rings. The fourth-order valence-electron chi connectivity index (χ4n) is 6.64. The highest BCUT2D eigenvalue weighted by Gasteiger charge is 2.46. The summed E-state index contributed by atoms with van der Waals surface area (Å²) in [5.41, 5.74) is 4.40. The standard InChI is InChI=1S/C33H37FN4O4/c1-41-28-20-22-12-15-38-31(27(22)21-29(28)42-2)30(25-6-3-4-7-26(25)33(38)40)32(39)35-13-5-14-36-16-18-37(19-17-36)24-10-8-23(34)9-11-24/h3-4,6-11,20-21,30-31H,5,12-19H2,1-2H3,(H,35,39)/t30-,31-/m1/s1. The van der Waals surface area contributed by atoms with Gasteiger partial charge in [-0.1, -0.05) is 18.2 Å². The second-order valence-corrected chi connectivity index (χ2v) is 11.1. The minimum absolute atomic E-state index is 0.0418. The molecule has 42 heavy (non-hydrogen) atoms. The van der Waals surface area contributed by atoms with Crippen molar-refractivity contribution in [1.29, 1.82) is 0 Å². The Balaban J connectivity index is 1.14. The summed E-state index contributed by atoms with van der Waals surface area (Å²) in [4.78, 5) is 34.0. The highest BCUT2D eigenvalue weighted by atomic mass is 19.1. The third kappa shape index (κ3) is 5.29. The summed E-state index contributed by atoms with van der Waals surface area (Å²) in [5.74, 6) is 0.363. The fourth-order valence-corrected chi connectivity index (χ4v) is 6.64. The molecule has 0 saturated carbocycles. The molecule has 1 N–H and O–H groups in total. The summed E-state index contributed by atoms with van der Waals surface area (Å²) in [6.45, 7) is 5.58. The average molecular weight is 573 g/mol. The van der Waals surface area contributed by atoms with Crippen LogP contribution in [-0.4, -0.2) is 81.6 Å². The summed E-state index contributed by atoms with van der Waals surface area (Å²) in [5, 5.41) is 3.20. The van der Waals surface area contributed by atoms with Crippen LogP contribution in [-0.2, 0) is 11.2 Å². The number of carbonyl (C=O) groups excluding carboxylic acids is 2. The summed E-state index contributed by atoms with van der Waals surface area (Å²) in [6.07, 6.45) is 1.51. The van der Waals surface area contributed by atoms with Crippen molar-refractivity contribution >= 4 is 17.5 Å². The van der Waals surface area contributed by atoms with Crippen molar-refractivity contribution in [3.8, 4) is 11.5 Å². The predicted octanol–water partition coefficient (Wildman–Crippen LogP) is 4.01. The minimum Gasteiger partial charge on any atom is -0.493 e. The number of fused-ring (bicyclic) bond motifs is 4. The van der Waals surface area contributed by atoms with Crippen molar-refractivity contribution in [2.45, 2.75) is 24.8 Å². The van der Waals surface area contributed by atoms with Crippen molar-refractivity contribution < 1.29 is 23.5 Å². The average Bonchev–Trinajstić information content (AvgIpc) is 3.03. The lowest BCUT2D eigenvalue weighted by molar-refractivity contribution is -0.124. The lowest BCUT2D eigenvalue weighted by atomic mass is 9.75. The molecule has 0 bridgehead atoms. The molecule has 3 aliphatic heterocycles. The van der Waals surface area contributed by atoms with E-state index in [2.05, 4.69) is 15.1 Å². The number of rotatable bonds is 8. The number of hydrogen-bond acceptors (Lipinski definition) is 6. The van der Waals surface area contributed by atoms with E-state index >= 15 is 0 Å². The molecule has 220 valence electrons. The molecule has 0 spiro atoms. The number of anilines is 1. The maximum Gasteiger partial charge on any atom is 0.254 e. The topological polar surface area (TPSA) is 74.4 Å². The maximum absolute atomic E-state index is 13.9. The molecule has 3 heterocycles. The molecule has 0 aliphatic carbocycles. The van der Waals surface area contributed by atoms with Crippen LogP contribution < -0.4 is 19.7 Å². The van der Waals surface area contributed by atoms with E-state index in [9.17, 15) is 14.0 Å². The molecule has 9 heteroatoms. The van der Waals surface area contributed by atoms with Crippen LogP contribution in [0, 0.1) is 5.82 Å². The number of hydrogen-bond donors (Lipinski definition) is 1.